The van der Waals surface area contributed by atoms with E-state index in [2.05, 4.69) is 30.7 Å². The van der Waals surface area contributed by atoms with Gasteiger partial charge < -0.3 is 4.90 Å². The second kappa shape index (κ2) is 5.28. The number of anilines is 1. The second-order valence-corrected chi connectivity index (χ2v) is 6.27. The third-order valence-electron chi connectivity index (χ3n) is 3.85. The van der Waals surface area contributed by atoms with Crippen LogP contribution in [0.1, 0.15) is 19.4 Å². The number of rotatable bonds is 2. The summed E-state index contributed by atoms with van der Waals surface area (Å²) in [4.78, 5) is 4.79. The first kappa shape index (κ1) is 14.0. The van der Waals surface area contributed by atoms with Crippen molar-refractivity contribution in [1.29, 1.82) is 0 Å². The van der Waals surface area contributed by atoms with E-state index in [9.17, 15) is 0 Å². The van der Waals surface area contributed by atoms with E-state index >= 15 is 0 Å². The number of hydrogen-bond donors (Lipinski definition) is 0. The lowest BCUT2D eigenvalue weighted by atomic mass is 9.98. The largest absolute Gasteiger partial charge is 0.368 e. The molecule has 0 atom stereocenters. The molecule has 0 amide bonds. The van der Waals surface area contributed by atoms with Gasteiger partial charge in [-0.1, -0.05) is 17.7 Å². The molecule has 0 bridgehead atoms. The topological polar surface area (TPSA) is 6.48 Å². The standard InChI is InChI=1S/C14H20Cl2N2/c1-14(2)10-18(7-6-17(14)3)13-8-12(16)5-4-11(13)9-15/h4-5,8H,6-7,9-10H2,1-3H3. The van der Waals surface area contributed by atoms with Crippen molar-refractivity contribution in [2.45, 2.75) is 25.3 Å². The zero-order valence-electron chi connectivity index (χ0n) is 11.2. The van der Waals surface area contributed by atoms with E-state index in [1.807, 2.05) is 18.2 Å². The SMILES string of the molecule is CN1CCN(c2cc(Cl)ccc2CCl)CC1(C)C. The van der Waals surface area contributed by atoms with Gasteiger partial charge in [-0.3, -0.25) is 4.90 Å². The maximum atomic E-state index is 6.11. The van der Waals surface area contributed by atoms with E-state index in [0.717, 1.165) is 30.2 Å². The van der Waals surface area contributed by atoms with Crippen LogP contribution in [0.2, 0.25) is 5.02 Å². The van der Waals surface area contributed by atoms with E-state index in [0.29, 0.717) is 5.88 Å². The Labute approximate surface area is 119 Å². The van der Waals surface area contributed by atoms with Gasteiger partial charge in [0, 0.05) is 41.8 Å². The van der Waals surface area contributed by atoms with Gasteiger partial charge in [0.1, 0.15) is 0 Å². The van der Waals surface area contributed by atoms with Crippen LogP contribution >= 0.6 is 23.2 Å². The Kier molecular flexibility index (Phi) is 4.10. The number of hydrogen-bond acceptors (Lipinski definition) is 2. The first-order chi connectivity index (χ1) is 8.44. The fraction of sp³-hybridized carbons (Fsp3) is 0.571. The van der Waals surface area contributed by atoms with Crippen molar-refractivity contribution < 1.29 is 0 Å². The third-order valence-corrected chi connectivity index (χ3v) is 4.37. The Bertz CT molecular complexity index is 432. The van der Waals surface area contributed by atoms with Crippen LogP contribution in [0.25, 0.3) is 0 Å². The molecule has 4 heteroatoms. The van der Waals surface area contributed by atoms with Crippen molar-refractivity contribution in [2.75, 3.05) is 31.6 Å². The summed E-state index contributed by atoms with van der Waals surface area (Å²) in [5, 5.41) is 0.774. The van der Waals surface area contributed by atoms with Crippen molar-refractivity contribution in [3.63, 3.8) is 0 Å². The van der Waals surface area contributed by atoms with Crippen molar-refractivity contribution in [1.82, 2.24) is 4.90 Å². The summed E-state index contributed by atoms with van der Waals surface area (Å²) in [5.74, 6) is 0.527. The number of likely N-dealkylation sites (N-methyl/N-ethyl adjacent to an activating group) is 1. The summed E-state index contributed by atoms with van der Waals surface area (Å²) < 4.78 is 0. The normalized spacial score (nSPS) is 20.2. The summed E-state index contributed by atoms with van der Waals surface area (Å²) in [6.45, 7) is 7.60. The van der Waals surface area contributed by atoms with Crippen LogP contribution in [0.5, 0.6) is 0 Å². The van der Waals surface area contributed by atoms with E-state index in [-0.39, 0.29) is 5.54 Å². The first-order valence-corrected chi connectivity index (χ1v) is 7.16. The maximum absolute atomic E-state index is 6.11. The quantitative estimate of drug-likeness (QED) is 0.767. The average molecular weight is 287 g/mol. The van der Waals surface area contributed by atoms with Gasteiger partial charge in [-0.25, -0.2) is 0 Å². The van der Waals surface area contributed by atoms with Crippen molar-refractivity contribution >= 4 is 28.9 Å². The molecule has 1 fully saturated rings. The monoisotopic (exact) mass is 286 g/mol. The van der Waals surface area contributed by atoms with Crippen LogP contribution in [0.3, 0.4) is 0 Å². The lowest BCUT2D eigenvalue weighted by Gasteiger charge is -2.46. The van der Waals surface area contributed by atoms with Gasteiger partial charge in [-0.2, -0.15) is 0 Å². The molecular formula is C14H20Cl2N2. The molecule has 0 aliphatic carbocycles. The highest BCUT2D eigenvalue weighted by atomic mass is 35.5. The molecule has 1 aliphatic rings. The molecule has 1 aromatic carbocycles. The van der Waals surface area contributed by atoms with Crippen LogP contribution in [0.15, 0.2) is 18.2 Å². The molecule has 1 aliphatic heterocycles. The summed E-state index contributed by atoms with van der Waals surface area (Å²) >= 11 is 12.1. The van der Waals surface area contributed by atoms with Gasteiger partial charge in [0.05, 0.1) is 0 Å². The highest BCUT2D eigenvalue weighted by Crippen LogP contribution is 2.30. The molecule has 2 nitrogen and oxygen atoms in total. The molecule has 0 spiro atoms. The smallest absolute Gasteiger partial charge is 0.0494 e. The molecule has 0 radical (unpaired) electrons. The Hall–Kier alpha value is -0.440. The van der Waals surface area contributed by atoms with Crippen LogP contribution in [0, 0.1) is 0 Å². The maximum Gasteiger partial charge on any atom is 0.0494 e. The van der Waals surface area contributed by atoms with Crippen LogP contribution in [0.4, 0.5) is 5.69 Å². The molecule has 0 aromatic heterocycles. The minimum Gasteiger partial charge on any atom is -0.368 e. The van der Waals surface area contributed by atoms with E-state index in [1.54, 1.807) is 0 Å². The Morgan fingerprint density at radius 3 is 2.61 bits per heavy atom. The lowest BCUT2D eigenvalue weighted by Crippen LogP contribution is -2.57. The minimum atomic E-state index is 0.171. The summed E-state index contributed by atoms with van der Waals surface area (Å²) in [6.07, 6.45) is 0. The van der Waals surface area contributed by atoms with Gasteiger partial charge in [-0.05, 0) is 38.6 Å². The number of benzene rings is 1. The van der Waals surface area contributed by atoms with Crippen molar-refractivity contribution in [3.05, 3.63) is 28.8 Å². The number of alkyl halides is 1. The van der Waals surface area contributed by atoms with Crippen molar-refractivity contribution in [2.24, 2.45) is 0 Å². The highest BCUT2D eigenvalue weighted by Gasteiger charge is 2.31. The molecule has 0 saturated carbocycles. The van der Waals surface area contributed by atoms with E-state index < -0.39 is 0 Å². The number of nitrogens with zero attached hydrogens (tertiary/aromatic N) is 2. The molecule has 1 aromatic rings. The summed E-state index contributed by atoms with van der Waals surface area (Å²) in [5.41, 5.74) is 2.50. The Balaban J connectivity index is 2.29. The average Bonchev–Trinajstić information content (AvgIpc) is 2.32. The Morgan fingerprint density at radius 1 is 1.28 bits per heavy atom. The minimum absolute atomic E-state index is 0.171. The Morgan fingerprint density at radius 2 is 2.00 bits per heavy atom. The zero-order valence-corrected chi connectivity index (χ0v) is 12.7. The fourth-order valence-electron chi connectivity index (χ4n) is 2.39. The zero-order chi connectivity index (χ0) is 13.3. The molecule has 18 heavy (non-hydrogen) atoms. The highest BCUT2D eigenvalue weighted by molar-refractivity contribution is 6.31. The number of halogens is 2. The van der Waals surface area contributed by atoms with Crippen LogP contribution < -0.4 is 4.90 Å². The predicted molar refractivity (Wildman–Crippen MR) is 79.9 cm³/mol. The third kappa shape index (κ3) is 2.76. The fourth-order valence-corrected chi connectivity index (χ4v) is 2.78. The molecule has 0 N–H and O–H groups in total. The molecule has 0 unspecified atom stereocenters. The van der Waals surface area contributed by atoms with Gasteiger partial charge in [0.15, 0.2) is 0 Å². The molecular weight excluding hydrogens is 267 g/mol. The summed E-state index contributed by atoms with van der Waals surface area (Å²) in [7, 11) is 2.18. The molecule has 1 heterocycles. The van der Waals surface area contributed by atoms with Gasteiger partial charge >= 0.3 is 0 Å². The van der Waals surface area contributed by atoms with E-state index in [1.165, 1.54) is 5.69 Å². The first-order valence-electron chi connectivity index (χ1n) is 6.24. The summed E-state index contributed by atoms with van der Waals surface area (Å²) in [6, 6.07) is 5.96. The molecule has 100 valence electrons. The van der Waals surface area contributed by atoms with Crippen molar-refractivity contribution in [3.8, 4) is 0 Å². The van der Waals surface area contributed by atoms with E-state index in [4.69, 9.17) is 23.2 Å². The van der Waals surface area contributed by atoms with Crippen LogP contribution in [-0.4, -0.2) is 37.1 Å². The second-order valence-electron chi connectivity index (χ2n) is 5.56. The predicted octanol–water partition coefficient (Wildman–Crippen LogP) is 3.61. The molecule has 1 saturated heterocycles. The number of piperazine rings is 1. The van der Waals surface area contributed by atoms with Crippen LogP contribution in [-0.2, 0) is 5.88 Å². The lowest BCUT2D eigenvalue weighted by molar-refractivity contribution is 0.139. The van der Waals surface area contributed by atoms with Gasteiger partial charge in [0.25, 0.3) is 0 Å². The molecule has 2 rings (SSSR count). The van der Waals surface area contributed by atoms with Gasteiger partial charge in [-0.15, -0.1) is 11.6 Å². The van der Waals surface area contributed by atoms with Gasteiger partial charge in [0.2, 0.25) is 0 Å².